The number of nitrogens with one attached hydrogen (secondary N) is 2. The van der Waals surface area contributed by atoms with Gasteiger partial charge in [-0.15, -0.1) is 0 Å². The van der Waals surface area contributed by atoms with Gasteiger partial charge in [-0.05, 0) is 48.1 Å². The molecule has 1 aliphatic heterocycles. The average molecular weight is 428 g/mol. The molecule has 1 heterocycles. The second kappa shape index (κ2) is 10.8. The lowest BCUT2D eigenvalue weighted by molar-refractivity contribution is -0.124. The zero-order valence-corrected chi connectivity index (χ0v) is 18.0. The third-order valence-corrected chi connectivity index (χ3v) is 5.48. The lowest BCUT2D eigenvalue weighted by Gasteiger charge is -2.23. The smallest absolute Gasteiger partial charge is 0.408 e. The maximum Gasteiger partial charge on any atom is 0.408 e. The normalized spacial score (nSPS) is 16.8. The van der Waals surface area contributed by atoms with Crippen LogP contribution in [0.25, 0.3) is 0 Å². The van der Waals surface area contributed by atoms with Crippen molar-refractivity contribution in [3.05, 3.63) is 66.0 Å². The molecule has 2 aromatic carbocycles. The molecule has 0 aliphatic carbocycles. The molecule has 0 bridgehead atoms. The van der Waals surface area contributed by atoms with Crippen LogP contribution in [0.4, 0.5) is 14.9 Å². The minimum Gasteiger partial charge on any atom is -0.445 e. The van der Waals surface area contributed by atoms with Gasteiger partial charge in [0.2, 0.25) is 5.91 Å². The molecule has 0 radical (unpaired) electrons. The van der Waals surface area contributed by atoms with E-state index in [1.807, 2.05) is 44.2 Å². The molecule has 0 saturated carbocycles. The Morgan fingerprint density at radius 3 is 2.52 bits per heavy atom. The first-order chi connectivity index (χ1) is 14.9. The summed E-state index contributed by atoms with van der Waals surface area (Å²) in [5.41, 5.74) is 1.87. The molecular formula is C24H30FN3O3. The zero-order valence-electron chi connectivity index (χ0n) is 18.0. The van der Waals surface area contributed by atoms with Crippen molar-refractivity contribution in [2.24, 2.45) is 11.8 Å². The lowest BCUT2D eigenvalue weighted by Crippen LogP contribution is -2.50. The van der Waals surface area contributed by atoms with Gasteiger partial charge in [-0.3, -0.25) is 4.79 Å². The second-order valence-corrected chi connectivity index (χ2v) is 8.25. The molecule has 1 unspecified atom stereocenters. The van der Waals surface area contributed by atoms with Crippen molar-refractivity contribution in [3.63, 3.8) is 0 Å². The van der Waals surface area contributed by atoms with Gasteiger partial charge in [-0.2, -0.15) is 0 Å². The standard InChI is InChI=1S/C24H30FN3O3/c1-17(2)22(27-24(30)31-16-18-6-4-3-5-7-18)23(29)26-14-19-12-13-28(15-19)21-10-8-20(25)9-11-21/h3-11,17,19,22H,12-16H2,1-2H3,(H,26,29)(H,27,30)/t19?,22-/m0/s1. The Kier molecular flexibility index (Phi) is 7.87. The topological polar surface area (TPSA) is 70.7 Å². The Morgan fingerprint density at radius 1 is 1.13 bits per heavy atom. The SMILES string of the molecule is CC(C)[C@H](NC(=O)OCc1ccccc1)C(=O)NCC1CCN(c2ccc(F)cc2)C1. The van der Waals surface area contributed by atoms with Crippen LogP contribution in [-0.4, -0.2) is 37.7 Å². The van der Waals surface area contributed by atoms with Crippen molar-refractivity contribution >= 4 is 17.7 Å². The third kappa shape index (κ3) is 6.70. The van der Waals surface area contributed by atoms with Gasteiger partial charge >= 0.3 is 6.09 Å². The van der Waals surface area contributed by atoms with Crippen molar-refractivity contribution in [3.8, 4) is 0 Å². The molecule has 3 rings (SSSR count). The first kappa shape index (κ1) is 22.6. The molecule has 2 aromatic rings. The molecule has 1 saturated heterocycles. The highest BCUT2D eigenvalue weighted by molar-refractivity contribution is 5.85. The first-order valence-corrected chi connectivity index (χ1v) is 10.7. The minimum absolute atomic E-state index is 0.0800. The fourth-order valence-electron chi connectivity index (χ4n) is 3.67. The summed E-state index contributed by atoms with van der Waals surface area (Å²) in [4.78, 5) is 27.1. The van der Waals surface area contributed by atoms with E-state index in [1.165, 1.54) is 12.1 Å². The highest BCUT2D eigenvalue weighted by Gasteiger charge is 2.27. The van der Waals surface area contributed by atoms with E-state index >= 15 is 0 Å². The number of halogens is 1. The number of benzene rings is 2. The van der Waals surface area contributed by atoms with Gasteiger partial charge in [-0.25, -0.2) is 9.18 Å². The van der Waals surface area contributed by atoms with Gasteiger partial charge in [-0.1, -0.05) is 44.2 Å². The van der Waals surface area contributed by atoms with Crippen LogP contribution in [0.5, 0.6) is 0 Å². The van der Waals surface area contributed by atoms with E-state index in [-0.39, 0.29) is 24.2 Å². The van der Waals surface area contributed by atoms with Gasteiger partial charge in [0.1, 0.15) is 18.5 Å². The van der Waals surface area contributed by atoms with E-state index < -0.39 is 12.1 Å². The third-order valence-electron chi connectivity index (χ3n) is 5.48. The van der Waals surface area contributed by atoms with Gasteiger partial charge in [0.25, 0.3) is 0 Å². The van der Waals surface area contributed by atoms with Crippen molar-refractivity contribution in [1.82, 2.24) is 10.6 Å². The summed E-state index contributed by atoms with van der Waals surface area (Å²) in [6.45, 7) is 6.11. The van der Waals surface area contributed by atoms with Gasteiger partial charge < -0.3 is 20.3 Å². The molecule has 2 N–H and O–H groups in total. The Labute approximate surface area is 182 Å². The summed E-state index contributed by atoms with van der Waals surface area (Å²) in [6.07, 6.45) is 0.331. The largest absolute Gasteiger partial charge is 0.445 e. The maximum atomic E-state index is 13.1. The van der Waals surface area contributed by atoms with E-state index in [0.29, 0.717) is 12.5 Å². The van der Waals surface area contributed by atoms with Crippen molar-refractivity contribution in [1.29, 1.82) is 0 Å². The van der Waals surface area contributed by atoms with Gasteiger partial charge in [0, 0.05) is 25.3 Å². The Balaban J connectivity index is 1.44. The van der Waals surface area contributed by atoms with E-state index in [2.05, 4.69) is 15.5 Å². The number of amides is 2. The monoisotopic (exact) mass is 427 g/mol. The second-order valence-electron chi connectivity index (χ2n) is 8.25. The summed E-state index contributed by atoms with van der Waals surface area (Å²) in [6, 6.07) is 15.2. The number of rotatable bonds is 8. The predicted octanol–water partition coefficient (Wildman–Crippen LogP) is 3.72. The fourth-order valence-corrected chi connectivity index (χ4v) is 3.67. The number of ether oxygens (including phenoxy) is 1. The molecule has 0 aromatic heterocycles. The average Bonchev–Trinajstić information content (AvgIpc) is 3.24. The van der Waals surface area contributed by atoms with E-state index in [1.54, 1.807) is 12.1 Å². The lowest BCUT2D eigenvalue weighted by atomic mass is 10.0. The minimum atomic E-state index is -0.669. The number of hydrogen-bond donors (Lipinski definition) is 2. The van der Waals surface area contributed by atoms with Crippen LogP contribution in [0.15, 0.2) is 54.6 Å². The highest BCUT2D eigenvalue weighted by Crippen LogP contribution is 2.23. The van der Waals surface area contributed by atoms with Gasteiger partial charge in [0.05, 0.1) is 0 Å². The molecule has 1 fully saturated rings. The van der Waals surface area contributed by atoms with Crippen molar-refractivity contribution in [2.45, 2.75) is 32.9 Å². The molecule has 1 aliphatic rings. The Morgan fingerprint density at radius 2 is 1.84 bits per heavy atom. The summed E-state index contributed by atoms with van der Waals surface area (Å²) >= 11 is 0. The molecule has 6 nitrogen and oxygen atoms in total. The number of carbonyl (C=O) groups is 2. The molecule has 2 amide bonds. The molecule has 31 heavy (non-hydrogen) atoms. The summed E-state index contributed by atoms with van der Waals surface area (Å²) in [5, 5.41) is 5.65. The van der Waals surface area contributed by atoms with Gasteiger partial charge in [0.15, 0.2) is 0 Å². The zero-order chi connectivity index (χ0) is 22.2. The number of carbonyl (C=O) groups excluding carboxylic acids is 2. The quantitative estimate of drug-likeness (QED) is 0.674. The van der Waals surface area contributed by atoms with Crippen LogP contribution in [0, 0.1) is 17.7 Å². The van der Waals surface area contributed by atoms with Crippen LogP contribution in [0.1, 0.15) is 25.8 Å². The van der Waals surface area contributed by atoms with E-state index in [0.717, 1.165) is 30.8 Å². The maximum absolute atomic E-state index is 13.1. The highest BCUT2D eigenvalue weighted by atomic mass is 19.1. The van der Waals surface area contributed by atoms with Crippen molar-refractivity contribution < 1.29 is 18.7 Å². The Hall–Kier alpha value is -3.09. The fraction of sp³-hybridized carbons (Fsp3) is 0.417. The van der Waals surface area contributed by atoms with E-state index in [4.69, 9.17) is 4.74 Å². The number of anilines is 1. The Bertz CT molecular complexity index is 858. The van der Waals surface area contributed by atoms with Crippen LogP contribution in [-0.2, 0) is 16.1 Å². The number of alkyl carbamates (subject to hydrolysis) is 1. The molecule has 2 atom stereocenters. The van der Waals surface area contributed by atoms with E-state index in [9.17, 15) is 14.0 Å². The summed E-state index contributed by atoms with van der Waals surface area (Å²) in [5.74, 6) is -0.247. The number of hydrogen-bond acceptors (Lipinski definition) is 4. The van der Waals surface area contributed by atoms with Crippen LogP contribution < -0.4 is 15.5 Å². The first-order valence-electron chi connectivity index (χ1n) is 10.7. The summed E-state index contributed by atoms with van der Waals surface area (Å²) < 4.78 is 18.4. The summed E-state index contributed by atoms with van der Waals surface area (Å²) in [7, 11) is 0. The molecule has 0 spiro atoms. The molecular weight excluding hydrogens is 397 g/mol. The van der Waals surface area contributed by atoms with Crippen LogP contribution in [0.3, 0.4) is 0 Å². The van der Waals surface area contributed by atoms with Crippen molar-refractivity contribution in [2.75, 3.05) is 24.5 Å². The predicted molar refractivity (Wildman–Crippen MR) is 118 cm³/mol. The van der Waals surface area contributed by atoms with Crippen LogP contribution >= 0.6 is 0 Å². The van der Waals surface area contributed by atoms with Crippen LogP contribution in [0.2, 0.25) is 0 Å². The number of nitrogens with zero attached hydrogens (tertiary/aromatic N) is 1. The molecule has 7 heteroatoms. The molecule has 166 valence electrons.